The molecular formula is C18H30N2O. The zero-order chi connectivity index (χ0) is 15.1. The highest BCUT2D eigenvalue weighted by molar-refractivity contribution is 5.22. The molecule has 1 heterocycles. The molecule has 118 valence electrons. The number of hydrogen-bond acceptors (Lipinski definition) is 3. The summed E-state index contributed by atoms with van der Waals surface area (Å²) in [4.78, 5) is 2.59. The molecule has 3 heteroatoms. The minimum atomic E-state index is 0.132. The Labute approximate surface area is 129 Å². The van der Waals surface area contributed by atoms with Crippen molar-refractivity contribution < 1.29 is 5.11 Å². The highest BCUT2D eigenvalue weighted by Crippen LogP contribution is 2.12. The number of hydrogen-bond donors (Lipinski definition) is 2. The molecule has 2 N–H and O–H groups in total. The Kier molecular flexibility index (Phi) is 6.68. The van der Waals surface area contributed by atoms with Gasteiger partial charge < -0.3 is 15.3 Å². The van der Waals surface area contributed by atoms with Crippen LogP contribution < -0.4 is 5.32 Å². The molecule has 0 bridgehead atoms. The summed E-state index contributed by atoms with van der Waals surface area (Å²) in [5.41, 5.74) is 2.33. The Bertz CT molecular complexity index is 394. The summed E-state index contributed by atoms with van der Waals surface area (Å²) in [5.74, 6) is 0.774. The third-order valence-electron chi connectivity index (χ3n) is 4.26. The van der Waals surface area contributed by atoms with E-state index in [1.165, 1.54) is 38.0 Å². The molecule has 1 fully saturated rings. The fraction of sp³-hybridized carbons (Fsp3) is 0.667. The summed E-state index contributed by atoms with van der Waals surface area (Å²) in [6, 6.07) is 8.96. The lowest BCUT2D eigenvalue weighted by molar-refractivity contribution is 0.180. The highest BCUT2D eigenvalue weighted by atomic mass is 16.3. The number of nitrogens with one attached hydrogen (secondary N) is 1. The minimum absolute atomic E-state index is 0.132. The van der Waals surface area contributed by atoms with Crippen LogP contribution in [-0.4, -0.2) is 42.2 Å². The Morgan fingerprint density at radius 3 is 2.33 bits per heavy atom. The monoisotopic (exact) mass is 290 g/mol. The molecule has 1 aromatic carbocycles. The van der Waals surface area contributed by atoms with Gasteiger partial charge in [0, 0.05) is 12.6 Å². The zero-order valence-corrected chi connectivity index (χ0v) is 13.5. The van der Waals surface area contributed by atoms with Gasteiger partial charge in [-0.05, 0) is 55.9 Å². The first kappa shape index (κ1) is 16.5. The molecule has 2 rings (SSSR count). The smallest absolute Gasteiger partial charge is 0.0681 e. The molecule has 3 nitrogen and oxygen atoms in total. The lowest BCUT2D eigenvalue weighted by Gasteiger charge is -2.33. The molecule has 1 saturated heterocycles. The number of benzene rings is 1. The van der Waals surface area contributed by atoms with E-state index in [9.17, 15) is 0 Å². The van der Waals surface area contributed by atoms with E-state index in [-0.39, 0.29) is 6.61 Å². The predicted octanol–water partition coefficient (Wildman–Crippen LogP) is 2.43. The van der Waals surface area contributed by atoms with E-state index >= 15 is 0 Å². The summed E-state index contributed by atoms with van der Waals surface area (Å²) >= 11 is 0. The summed E-state index contributed by atoms with van der Waals surface area (Å²) in [7, 11) is 0. The molecule has 1 aliphatic rings. The van der Waals surface area contributed by atoms with Gasteiger partial charge in [0.15, 0.2) is 0 Å². The van der Waals surface area contributed by atoms with Crippen molar-refractivity contribution in [1.82, 2.24) is 10.2 Å². The maximum Gasteiger partial charge on any atom is 0.0681 e. The van der Waals surface area contributed by atoms with E-state index in [0.29, 0.717) is 6.04 Å². The van der Waals surface area contributed by atoms with Crippen molar-refractivity contribution in [1.29, 1.82) is 0 Å². The van der Waals surface area contributed by atoms with Gasteiger partial charge in [0.2, 0.25) is 0 Å². The molecule has 1 aliphatic heterocycles. The van der Waals surface area contributed by atoms with Crippen LogP contribution in [0.5, 0.6) is 0 Å². The Morgan fingerprint density at radius 2 is 1.76 bits per heavy atom. The van der Waals surface area contributed by atoms with Crippen molar-refractivity contribution in [2.24, 2.45) is 5.92 Å². The van der Waals surface area contributed by atoms with Gasteiger partial charge in [-0.3, -0.25) is 0 Å². The third kappa shape index (κ3) is 5.77. The molecule has 0 radical (unpaired) electrons. The standard InChI is InChI=1S/C18H30N2O/c1-15(2)13-20-11-8-18(9-12-20)19-10-7-16-3-5-17(14-21)6-4-16/h3-6,15,18-19,21H,7-14H2,1-2H3. The second kappa shape index (κ2) is 8.52. The van der Waals surface area contributed by atoms with E-state index in [1.807, 2.05) is 12.1 Å². The van der Waals surface area contributed by atoms with Crippen LogP contribution in [0.1, 0.15) is 37.8 Å². The topological polar surface area (TPSA) is 35.5 Å². The van der Waals surface area contributed by atoms with Crippen molar-refractivity contribution in [3.8, 4) is 0 Å². The number of piperidine rings is 1. The van der Waals surface area contributed by atoms with Crippen molar-refractivity contribution in [2.75, 3.05) is 26.2 Å². The minimum Gasteiger partial charge on any atom is -0.392 e. The number of likely N-dealkylation sites (tertiary alicyclic amines) is 1. The van der Waals surface area contributed by atoms with E-state index in [4.69, 9.17) is 5.11 Å². The van der Waals surface area contributed by atoms with E-state index in [2.05, 4.69) is 36.2 Å². The fourth-order valence-electron chi connectivity index (χ4n) is 3.07. The molecule has 0 aliphatic carbocycles. The van der Waals surface area contributed by atoms with Gasteiger partial charge in [-0.25, -0.2) is 0 Å². The summed E-state index contributed by atoms with van der Waals surface area (Å²) in [5, 5.41) is 12.7. The maximum absolute atomic E-state index is 9.03. The highest BCUT2D eigenvalue weighted by Gasteiger charge is 2.18. The van der Waals surface area contributed by atoms with Crippen molar-refractivity contribution in [2.45, 2.75) is 45.8 Å². The van der Waals surface area contributed by atoms with Gasteiger partial charge in [-0.2, -0.15) is 0 Å². The first-order valence-electron chi connectivity index (χ1n) is 8.32. The Hall–Kier alpha value is -0.900. The van der Waals surface area contributed by atoms with E-state index in [0.717, 1.165) is 24.4 Å². The van der Waals surface area contributed by atoms with Crippen LogP contribution in [0.15, 0.2) is 24.3 Å². The van der Waals surface area contributed by atoms with Crippen LogP contribution in [0.3, 0.4) is 0 Å². The average molecular weight is 290 g/mol. The van der Waals surface area contributed by atoms with Crippen molar-refractivity contribution in [3.63, 3.8) is 0 Å². The second-order valence-corrected chi connectivity index (χ2v) is 6.65. The third-order valence-corrected chi connectivity index (χ3v) is 4.26. The average Bonchev–Trinajstić information content (AvgIpc) is 2.49. The van der Waals surface area contributed by atoms with E-state index in [1.54, 1.807) is 0 Å². The normalized spacial score (nSPS) is 17.5. The summed E-state index contributed by atoms with van der Waals surface area (Å²) in [6.45, 7) is 9.49. The number of nitrogens with zero attached hydrogens (tertiary/aromatic N) is 1. The molecule has 0 unspecified atom stereocenters. The Balaban J connectivity index is 1.63. The lowest BCUT2D eigenvalue weighted by Crippen LogP contribution is -2.44. The molecule has 0 atom stereocenters. The van der Waals surface area contributed by atoms with Gasteiger partial charge in [0.25, 0.3) is 0 Å². The van der Waals surface area contributed by atoms with Crippen LogP contribution in [-0.2, 0) is 13.0 Å². The molecule has 21 heavy (non-hydrogen) atoms. The van der Waals surface area contributed by atoms with Crippen LogP contribution in [0.2, 0.25) is 0 Å². The largest absolute Gasteiger partial charge is 0.392 e. The van der Waals surface area contributed by atoms with E-state index < -0.39 is 0 Å². The predicted molar refractivity (Wildman–Crippen MR) is 88.4 cm³/mol. The molecule has 1 aromatic rings. The molecule has 0 amide bonds. The fourth-order valence-corrected chi connectivity index (χ4v) is 3.07. The van der Waals surface area contributed by atoms with Crippen LogP contribution >= 0.6 is 0 Å². The SMILES string of the molecule is CC(C)CN1CCC(NCCc2ccc(CO)cc2)CC1. The van der Waals surface area contributed by atoms with Crippen LogP contribution in [0, 0.1) is 5.92 Å². The number of rotatable bonds is 7. The van der Waals surface area contributed by atoms with Crippen LogP contribution in [0.4, 0.5) is 0 Å². The first-order chi connectivity index (χ1) is 10.2. The number of aliphatic hydroxyl groups excluding tert-OH is 1. The quantitative estimate of drug-likeness (QED) is 0.809. The van der Waals surface area contributed by atoms with Gasteiger partial charge >= 0.3 is 0 Å². The zero-order valence-electron chi connectivity index (χ0n) is 13.5. The van der Waals surface area contributed by atoms with Gasteiger partial charge in [0.05, 0.1) is 6.61 Å². The molecule has 0 aromatic heterocycles. The number of aliphatic hydroxyl groups is 1. The molecule has 0 saturated carbocycles. The second-order valence-electron chi connectivity index (χ2n) is 6.65. The van der Waals surface area contributed by atoms with Crippen molar-refractivity contribution in [3.05, 3.63) is 35.4 Å². The maximum atomic E-state index is 9.03. The lowest BCUT2D eigenvalue weighted by atomic mass is 10.0. The summed E-state index contributed by atoms with van der Waals surface area (Å²) in [6.07, 6.45) is 3.62. The molecule has 0 spiro atoms. The van der Waals surface area contributed by atoms with Gasteiger partial charge in [0.1, 0.15) is 0 Å². The van der Waals surface area contributed by atoms with Crippen LogP contribution in [0.25, 0.3) is 0 Å². The molecular weight excluding hydrogens is 260 g/mol. The van der Waals surface area contributed by atoms with Gasteiger partial charge in [-0.15, -0.1) is 0 Å². The van der Waals surface area contributed by atoms with Crippen molar-refractivity contribution >= 4 is 0 Å². The first-order valence-corrected chi connectivity index (χ1v) is 8.32. The van der Waals surface area contributed by atoms with Gasteiger partial charge in [-0.1, -0.05) is 38.1 Å². The Morgan fingerprint density at radius 1 is 1.14 bits per heavy atom. The summed E-state index contributed by atoms with van der Waals surface area (Å²) < 4.78 is 0.